The second kappa shape index (κ2) is 3.34. The maximum atomic E-state index is 11.5. The fourth-order valence-corrected chi connectivity index (χ4v) is 1.50. The largest absolute Gasteiger partial charge is 0.511 e. The van der Waals surface area contributed by atoms with Gasteiger partial charge in [0.25, 0.3) is 11.8 Å². The second-order valence-electron chi connectivity index (χ2n) is 3.24. The van der Waals surface area contributed by atoms with Crippen molar-refractivity contribution in [1.82, 2.24) is 4.90 Å². The minimum Gasteiger partial charge on any atom is -0.449 e. The van der Waals surface area contributed by atoms with Gasteiger partial charge in [0, 0.05) is 7.05 Å². The molecule has 0 atom stereocenters. The first kappa shape index (κ1) is 10.2. The molecule has 82 valence electrons. The Hall–Kier alpha value is -2.37. The number of benzene rings is 1. The predicted molar refractivity (Wildman–Crippen MR) is 51.5 cm³/mol. The highest BCUT2D eigenvalue weighted by Crippen LogP contribution is 2.25. The summed E-state index contributed by atoms with van der Waals surface area (Å²) in [6, 6.07) is 3.95. The van der Waals surface area contributed by atoms with Crippen molar-refractivity contribution in [2.24, 2.45) is 0 Å². The maximum absolute atomic E-state index is 11.5. The number of hydrogen-bond donors (Lipinski definition) is 1. The second-order valence-corrected chi connectivity index (χ2v) is 3.24. The molecule has 1 aromatic carbocycles. The normalized spacial score (nSPS) is 13.9. The van der Waals surface area contributed by atoms with E-state index in [4.69, 9.17) is 5.11 Å². The van der Waals surface area contributed by atoms with E-state index in [1.54, 1.807) is 0 Å². The molecule has 0 radical (unpaired) electrons. The molecule has 0 saturated heterocycles. The van der Waals surface area contributed by atoms with Gasteiger partial charge in [-0.05, 0) is 18.2 Å². The molecule has 1 aromatic rings. The third-order valence-electron chi connectivity index (χ3n) is 2.27. The topological polar surface area (TPSA) is 83.9 Å². The molecule has 2 rings (SSSR count). The van der Waals surface area contributed by atoms with Crippen LogP contribution in [-0.4, -0.2) is 35.0 Å². The summed E-state index contributed by atoms with van der Waals surface area (Å²) in [6.45, 7) is 0. The summed E-state index contributed by atoms with van der Waals surface area (Å²) in [5, 5.41) is 8.40. The lowest BCUT2D eigenvalue weighted by Crippen LogP contribution is -2.24. The highest BCUT2D eigenvalue weighted by Gasteiger charge is 2.32. The summed E-state index contributed by atoms with van der Waals surface area (Å²) in [7, 11) is 1.36. The number of carbonyl (C=O) groups excluding carboxylic acids is 2. The summed E-state index contributed by atoms with van der Waals surface area (Å²) >= 11 is 0. The fourth-order valence-electron chi connectivity index (χ4n) is 1.50. The standard InChI is InChI=1S/C10H7NO5/c1-11-8(12)6-3-2-5(16-10(14)15)4-7(6)9(11)13/h2-4H,1H3,(H,14,15). The van der Waals surface area contributed by atoms with E-state index < -0.39 is 18.0 Å². The zero-order valence-electron chi connectivity index (χ0n) is 8.26. The van der Waals surface area contributed by atoms with E-state index in [2.05, 4.69) is 4.74 Å². The number of nitrogens with zero attached hydrogens (tertiary/aromatic N) is 1. The van der Waals surface area contributed by atoms with Gasteiger partial charge in [-0.15, -0.1) is 0 Å². The first-order valence-corrected chi connectivity index (χ1v) is 4.38. The molecule has 6 nitrogen and oxygen atoms in total. The van der Waals surface area contributed by atoms with Crippen molar-refractivity contribution in [2.75, 3.05) is 7.05 Å². The highest BCUT2D eigenvalue weighted by atomic mass is 16.7. The Morgan fingerprint density at radius 3 is 2.50 bits per heavy atom. The van der Waals surface area contributed by atoms with E-state index in [0.717, 1.165) is 4.90 Å². The van der Waals surface area contributed by atoms with Gasteiger partial charge in [-0.25, -0.2) is 4.79 Å². The SMILES string of the molecule is CN1C(=O)c2ccc(OC(=O)O)cc2C1=O. The van der Waals surface area contributed by atoms with E-state index in [1.807, 2.05) is 0 Å². The first-order chi connectivity index (χ1) is 7.50. The number of fused-ring (bicyclic) bond motifs is 1. The molecule has 0 bridgehead atoms. The third-order valence-corrected chi connectivity index (χ3v) is 2.27. The minimum atomic E-state index is -1.47. The molecule has 1 heterocycles. The van der Waals surface area contributed by atoms with Crippen LogP contribution in [0.2, 0.25) is 0 Å². The van der Waals surface area contributed by atoms with Gasteiger partial charge in [-0.2, -0.15) is 0 Å². The Bertz CT molecular complexity index is 508. The van der Waals surface area contributed by atoms with Crippen molar-refractivity contribution in [1.29, 1.82) is 0 Å². The van der Waals surface area contributed by atoms with Crippen LogP contribution in [0.5, 0.6) is 5.75 Å². The summed E-state index contributed by atoms with van der Waals surface area (Å²) < 4.78 is 4.39. The van der Waals surface area contributed by atoms with Crippen LogP contribution in [-0.2, 0) is 0 Å². The van der Waals surface area contributed by atoms with Crippen molar-refractivity contribution < 1.29 is 24.2 Å². The van der Waals surface area contributed by atoms with Crippen LogP contribution in [0.3, 0.4) is 0 Å². The lowest BCUT2D eigenvalue weighted by Gasteiger charge is -2.02. The van der Waals surface area contributed by atoms with Gasteiger partial charge >= 0.3 is 6.16 Å². The zero-order valence-corrected chi connectivity index (χ0v) is 8.26. The Morgan fingerprint density at radius 1 is 1.25 bits per heavy atom. The average Bonchev–Trinajstić information content (AvgIpc) is 2.43. The first-order valence-electron chi connectivity index (χ1n) is 4.38. The van der Waals surface area contributed by atoms with Crippen LogP contribution in [0.25, 0.3) is 0 Å². The molecular formula is C10H7NO5. The highest BCUT2D eigenvalue weighted by molar-refractivity contribution is 6.21. The molecule has 2 amide bonds. The lowest BCUT2D eigenvalue weighted by atomic mass is 10.1. The molecule has 0 saturated carbocycles. The predicted octanol–water partition coefficient (Wildman–Crippen LogP) is 0.969. The van der Waals surface area contributed by atoms with Crippen molar-refractivity contribution in [3.63, 3.8) is 0 Å². The summed E-state index contributed by atoms with van der Waals surface area (Å²) in [4.78, 5) is 34.3. The van der Waals surface area contributed by atoms with E-state index >= 15 is 0 Å². The summed E-state index contributed by atoms with van der Waals surface area (Å²) in [5.41, 5.74) is 0.413. The minimum absolute atomic E-state index is 0.0164. The number of imide groups is 1. The van der Waals surface area contributed by atoms with Crippen LogP contribution in [0.1, 0.15) is 20.7 Å². The smallest absolute Gasteiger partial charge is 0.449 e. The summed E-state index contributed by atoms with van der Waals surface area (Å²) in [6.07, 6.45) is -1.47. The third kappa shape index (κ3) is 1.40. The van der Waals surface area contributed by atoms with Crippen LogP contribution in [0.15, 0.2) is 18.2 Å². The van der Waals surface area contributed by atoms with Gasteiger partial charge in [0.05, 0.1) is 11.1 Å². The molecule has 1 aliphatic heterocycles. The number of ether oxygens (including phenoxy) is 1. The number of carboxylic acid groups (broad SMARTS) is 1. The summed E-state index contributed by atoms with van der Waals surface area (Å²) in [5.74, 6) is -0.847. The quantitative estimate of drug-likeness (QED) is 0.434. The van der Waals surface area contributed by atoms with E-state index in [0.29, 0.717) is 0 Å². The van der Waals surface area contributed by atoms with Gasteiger partial charge in [0.2, 0.25) is 0 Å². The number of hydrogen-bond acceptors (Lipinski definition) is 4. The molecule has 1 N–H and O–H groups in total. The molecule has 0 fully saturated rings. The van der Waals surface area contributed by atoms with Crippen molar-refractivity contribution >= 4 is 18.0 Å². The Morgan fingerprint density at radius 2 is 1.88 bits per heavy atom. The Kier molecular flexibility index (Phi) is 2.12. The van der Waals surface area contributed by atoms with E-state index in [1.165, 1.54) is 25.2 Å². The maximum Gasteiger partial charge on any atom is 0.511 e. The molecule has 0 unspecified atom stereocenters. The van der Waals surface area contributed by atoms with Crippen LogP contribution < -0.4 is 4.74 Å². The van der Waals surface area contributed by atoms with Gasteiger partial charge in [-0.3, -0.25) is 14.5 Å². The van der Waals surface area contributed by atoms with Crippen molar-refractivity contribution in [2.45, 2.75) is 0 Å². The van der Waals surface area contributed by atoms with Gasteiger partial charge in [0.1, 0.15) is 5.75 Å². The molecule has 16 heavy (non-hydrogen) atoms. The van der Waals surface area contributed by atoms with Crippen LogP contribution >= 0.6 is 0 Å². The van der Waals surface area contributed by atoms with E-state index in [9.17, 15) is 14.4 Å². The van der Waals surface area contributed by atoms with E-state index in [-0.39, 0.29) is 16.9 Å². The number of amides is 2. The Labute approximate surface area is 90.0 Å². The Balaban J connectivity index is 2.45. The lowest BCUT2D eigenvalue weighted by molar-refractivity contribution is 0.0692. The number of rotatable bonds is 1. The molecule has 0 aliphatic carbocycles. The van der Waals surface area contributed by atoms with Gasteiger partial charge in [0.15, 0.2) is 0 Å². The van der Waals surface area contributed by atoms with Crippen LogP contribution in [0.4, 0.5) is 4.79 Å². The number of carbonyl (C=O) groups is 3. The average molecular weight is 221 g/mol. The van der Waals surface area contributed by atoms with Gasteiger partial charge in [-0.1, -0.05) is 0 Å². The van der Waals surface area contributed by atoms with Gasteiger partial charge < -0.3 is 9.84 Å². The molecule has 1 aliphatic rings. The zero-order chi connectivity index (χ0) is 11.9. The molecule has 0 spiro atoms. The molecular weight excluding hydrogens is 214 g/mol. The fraction of sp³-hybridized carbons (Fsp3) is 0.100. The molecule has 0 aromatic heterocycles. The van der Waals surface area contributed by atoms with Crippen molar-refractivity contribution in [3.05, 3.63) is 29.3 Å². The monoisotopic (exact) mass is 221 g/mol. The van der Waals surface area contributed by atoms with Crippen LogP contribution in [0, 0.1) is 0 Å². The molecule has 6 heteroatoms. The van der Waals surface area contributed by atoms with Crippen molar-refractivity contribution in [3.8, 4) is 5.75 Å².